The van der Waals surface area contributed by atoms with Crippen LogP contribution in [-0.4, -0.2) is 157 Å². The first-order valence-electron chi connectivity index (χ1n) is 33.1. The first-order chi connectivity index (χ1) is 44.5. The number of amides is 2. The lowest BCUT2D eigenvalue weighted by molar-refractivity contribution is -0.159. The molecule has 0 aliphatic heterocycles. The molecule has 0 radical (unpaired) electrons. The summed E-state index contributed by atoms with van der Waals surface area (Å²) in [5.74, 6) is 5.19. The first kappa shape index (κ1) is 91.6. The summed E-state index contributed by atoms with van der Waals surface area (Å²) in [4.78, 5) is 114. The lowest BCUT2D eigenvalue weighted by Gasteiger charge is -2.19. The Labute approximate surface area is 555 Å². The third kappa shape index (κ3) is 64.9. The standard InChI is InChI=1S/C34H56NO10P.C23H46NO8P.C10H11NO3/c1-5-8-9-10-11-12-13-14-15-16-17-18-19-22-34(39)42-28-32(45-30(4)36)29-44-46(40,41)43-27-20-21-31(37)23-24-33(38)35(25-6-2)26-7-3;1-3-4-5-6-7-8-9-10-11-12-13-14-15-16-23(26)29-19-22(32-21(2)25)20-31-33(27,28)30-18-17-24;1-3-7-11(8-4-2)9(12)5-6-10(13)14/h2-3,32H,5,8-29H2,1,4H3,(H,40,41);22H,3-20,24H2,1-2H3,(H,27,28);1-2H,5-8H2,(H,13,14)/t32-;22-;/m11./s1. The summed E-state index contributed by atoms with van der Waals surface area (Å²) in [5, 5.41) is 8.35. The number of phosphoric acid groups is 2. The third-order valence-electron chi connectivity index (χ3n) is 13.6. The van der Waals surface area contributed by atoms with E-state index < -0.39 is 70.9 Å². The summed E-state index contributed by atoms with van der Waals surface area (Å²) in [6, 6.07) is 0. The van der Waals surface area contributed by atoms with Crippen molar-refractivity contribution in [3.63, 3.8) is 0 Å². The summed E-state index contributed by atoms with van der Waals surface area (Å²) in [7, 11) is -8.85. The molecule has 0 bridgehead atoms. The van der Waals surface area contributed by atoms with Crippen LogP contribution in [0.5, 0.6) is 0 Å². The van der Waals surface area contributed by atoms with Gasteiger partial charge in [-0.25, -0.2) is 9.13 Å². The van der Waals surface area contributed by atoms with Gasteiger partial charge in [0, 0.05) is 58.9 Å². The Hall–Kier alpha value is -5.62. The normalized spacial score (nSPS) is 12.5. The zero-order chi connectivity index (χ0) is 70.2. The zero-order valence-corrected chi connectivity index (χ0v) is 58.1. The van der Waals surface area contributed by atoms with Crippen molar-refractivity contribution < 1.29 is 99.4 Å². The fourth-order valence-corrected chi connectivity index (χ4v) is 10.2. The quantitative estimate of drug-likeness (QED) is 0.0144. The van der Waals surface area contributed by atoms with Crippen molar-refractivity contribution in [2.24, 2.45) is 5.73 Å². The van der Waals surface area contributed by atoms with Crippen LogP contribution in [0.1, 0.15) is 246 Å². The smallest absolute Gasteiger partial charge is 0.472 e. The number of rotatable bonds is 58. The first-order valence-corrected chi connectivity index (χ1v) is 36.1. The van der Waals surface area contributed by atoms with Crippen LogP contribution in [-0.2, 0) is 84.5 Å². The van der Waals surface area contributed by atoms with Gasteiger partial charge in [0.05, 0.1) is 59.0 Å². The van der Waals surface area contributed by atoms with Crippen molar-refractivity contribution in [1.82, 2.24) is 9.80 Å². The number of hydrogen-bond donors (Lipinski definition) is 4. The molecule has 5 N–H and O–H groups in total. The number of phosphoric ester groups is 2. The molecule has 0 aromatic heterocycles. The average Bonchev–Trinajstić information content (AvgIpc) is 2.56. The average molecular weight is 1360 g/mol. The minimum atomic E-state index is -4.54. The number of ether oxygens (including phenoxy) is 4. The SMILES string of the molecule is C#CCN(CC#C)C(=O)CCC(=O)CCCOP(=O)(O)OC[C@@H](COC(=O)CCCCCCCCCCCCCCC)OC(C)=O.C#CCN(CC#C)C(=O)CCC(=O)O.CCCCCCCCCCCCCCCC(=O)OC[C@H](COP(=O)(O)OCCN)OC(C)=O. The number of ketones is 1. The maximum Gasteiger partial charge on any atom is 0.472 e. The van der Waals surface area contributed by atoms with Crippen LogP contribution in [0.4, 0.5) is 0 Å². The fourth-order valence-electron chi connectivity index (χ4n) is 8.65. The number of nitrogens with zero attached hydrogens (tertiary/aromatic N) is 2. The predicted octanol–water partition coefficient (Wildman–Crippen LogP) is 11.3. The highest BCUT2D eigenvalue weighted by Crippen LogP contribution is 2.44. The van der Waals surface area contributed by atoms with E-state index in [0.717, 1.165) is 45.4 Å². The van der Waals surface area contributed by atoms with Crippen LogP contribution >= 0.6 is 15.6 Å². The third-order valence-corrected chi connectivity index (χ3v) is 15.5. The Bertz CT molecular complexity index is 2280. The van der Waals surface area contributed by atoms with Gasteiger partial charge >= 0.3 is 45.5 Å². The van der Waals surface area contributed by atoms with Crippen LogP contribution in [0.2, 0.25) is 0 Å². The molecule has 532 valence electrons. The maximum atomic E-state index is 12.2. The van der Waals surface area contributed by atoms with Crippen LogP contribution in [0.15, 0.2) is 0 Å². The second-order valence-corrected chi connectivity index (χ2v) is 25.1. The molecule has 0 rings (SSSR count). The van der Waals surface area contributed by atoms with Gasteiger partial charge in [-0.15, -0.1) is 25.7 Å². The van der Waals surface area contributed by atoms with E-state index in [0.29, 0.717) is 6.42 Å². The van der Waals surface area contributed by atoms with E-state index in [-0.39, 0.29) is 128 Å². The maximum absolute atomic E-state index is 12.2. The molecule has 24 nitrogen and oxygen atoms in total. The number of terminal acetylenes is 4. The van der Waals surface area contributed by atoms with E-state index >= 15 is 0 Å². The van der Waals surface area contributed by atoms with Crippen molar-refractivity contribution in [1.29, 1.82) is 0 Å². The Morgan fingerprint density at radius 3 is 1.03 bits per heavy atom. The van der Waals surface area contributed by atoms with Gasteiger partial charge in [-0.05, 0) is 19.3 Å². The van der Waals surface area contributed by atoms with Gasteiger partial charge in [-0.2, -0.15) is 0 Å². The van der Waals surface area contributed by atoms with Crippen molar-refractivity contribution in [2.45, 2.75) is 258 Å². The topological polar surface area (TPSA) is 338 Å². The predicted molar refractivity (Wildman–Crippen MR) is 355 cm³/mol. The lowest BCUT2D eigenvalue weighted by atomic mass is 10.0. The molecule has 4 atom stereocenters. The van der Waals surface area contributed by atoms with Crippen LogP contribution in [0.25, 0.3) is 0 Å². The number of nitrogens with two attached hydrogens (primary N) is 1. The molecule has 0 saturated carbocycles. The minimum Gasteiger partial charge on any atom is -0.481 e. The lowest BCUT2D eigenvalue weighted by Crippen LogP contribution is -2.31. The van der Waals surface area contributed by atoms with E-state index in [4.69, 9.17) is 69.1 Å². The number of carbonyl (C=O) groups excluding carboxylic acids is 7. The number of aliphatic carboxylic acids is 1. The number of hydrogen-bond acceptors (Lipinski definition) is 19. The molecule has 0 fully saturated rings. The van der Waals surface area contributed by atoms with Gasteiger partial charge in [0.15, 0.2) is 12.2 Å². The highest BCUT2D eigenvalue weighted by atomic mass is 31.2. The van der Waals surface area contributed by atoms with Crippen LogP contribution in [0, 0.1) is 49.4 Å². The molecule has 93 heavy (non-hydrogen) atoms. The molecule has 0 saturated heterocycles. The summed E-state index contributed by atoms with van der Waals surface area (Å²) in [6.07, 6.45) is 50.1. The molecule has 2 unspecified atom stereocenters. The second kappa shape index (κ2) is 63.8. The molecular formula is C67H113N3O21P2. The number of Topliss-reactive ketones (excluding diaryl/α,β-unsaturated/α-hetero) is 1. The molecule has 0 aliphatic carbocycles. The highest BCUT2D eigenvalue weighted by Gasteiger charge is 2.27. The summed E-state index contributed by atoms with van der Waals surface area (Å²) in [5.41, 5.74) is 5.21. The Balaban J connectivity index is -0.00000149. The molecule has 0 aromatic rings. The number of esters is 4. The van der Waals surface area contributed by atoms with Gasteiger partial charge in [0.2, 0.25) is 11.8 Å². The van der Waals surface area contributed by atoms with Gasteiger partial charge in [-0.3, -0.25) is 56.5 Å². The van der Waals surface area contributed by atoms with E-state index in [1.807, 2.05) is 0 Å². The highest BCUT2D eigenvalue weighted by molar-refractivity contribution is 7.47. The van der Waals surface area contributed by atoms with Crippen molar-refractivity contribution in [2.75, 3.05) is 72.4 Å². The molecule has 0 spiro atoms. The summed E-state index contributed by atoms with van der Waals surface area (Å²) in [6.45, 7) is 5.22. The molecule has 0 heterocycles. The largest absolute Gasteiger partial charge is 0.481 e. The molecule has 0 aliphatic rings. The summed E-state index contributed by atoms with van der Waals surface area (Å²) < 4.78 is 63.4. The van der Waals surface area contributed by atoms with E-state index in [2.05, 4.69) is 42.1 Å². The van der Waals surface area contributed by atoms with E-state index in [1.165, 1.54) is 139 Å². The Kier molecular flexibility index (Phi) is 62.8. The van der Waals surface area contributed by atoms with Crippen molar-refractivity contribution >= 4 is 63.1 Å². The van der Waals surface area contributed by atoms with E-state index in [9.17, 15) is 57.3 Å². The number of unbranched alkanes of at least 4 members (excludes halogenated alkanes) is 24. The Morgan fingerprint density at radius 2 is 0.731 bits per heavy atom. The summed E-state index contributed by atoms with van der Waals surface area (Å²) >= 11 is 0. The fraction of sp³-hybridized carbons (Fsp3) is 0.761. The molecule has 26 heteroatoms. The van der Waals surface area contributed by atoms with Gasteiger partial charge in [-0.1, -0.05) is 192 Å². The van der Waals surface area contributed by atoms with Crippen molar-refractivity contribution in [3.05, 3.63) is 0 Å². The van der Waals surface area contributed by atoms with Crippen LogP contribution < -0.4 is 5.73 Å². The molecule has 2 amide bonds. The molecular weight excluding hydrogens is 1240 g/mol. The second-order valence-electron chi connectivity index (χ2n) is 22.2. The number of carboxylic acid groups (broad SMARTS) is 1. The van der Waals surface area contributed by atoms with Gasteiger partial charge in [0.25, 0.3) is 0 Å². The van der Waals surface area contributed by atoms with Crippen LogP contribution in [0.3, 0.4) is 0 Å². The van der Waals surface area contributed by atoms with Gasteiger partial charge < -0.3 is 49.4 Å². The van der Waals surface area contributed by atoms with E-state index in [1.54, 1.807) is 0 Å². The zero-order valence-electron chi connectivity index (χ0n) is 56.3. The monoisotopic (exact) mass is 1360 g/mol. The molecule has 0 aromatic carbocycles. The minimum absolute atomic E-state index is 0.0167. The number of carboxylic acids is 1. The van der Waals surface area contributed by atoms with Gasteiger partial charge in [0.1, 0.15) is 19.0 Å². The Morgan fingerprint density at radius 1 is 0.419 bits per heavy atom. The number of carbonyl (C=O) groups is 8. The van der Waals surface area contributed by atoms with Crippen molar-refractivity contribution in [3.8, 4) is 49.4 Å².